The average molecular weight is 141 g/mol. The van der Waals surface area contributed by atoms with Crippen molar-refractivity contribution in [1.82, 2.24) is 0 Å². The molecular formula is C7H11NO2. The zero-order valence-corrected chi connectivity index (χ0v) is 6.26. The van der Waals surface area contributed by atoms with Gasteiger partial charge in [0.15, 0.2) is 6.23 Å². The van der Waals surface area contributed by atoms with Crippen LogP contribution in [0.15, 0.2) is 4.99 Å². The van der Waals surface area contributed by atoms with E-state index in [1.807, 2.05) is 6.92 Å². The van der Waals surface area contributed by atoms with Crippen LogP contribution in [0.25, 0.3) is 0 Å². The van der Waals surface area contributed by atoms with Crippen LogP contribution in [-0.4, -0.2) is 17.9 Å². The van der Waals surface area contributed by atoms with Gasteiger partial charge in [-0.1, -0.05) is 13.3 Å². The average Bonchev–Trinajstić information content (AvgIpc) is 2.14. The van der Waals surface area contributed by atoms with E-state index in [1.165, 1.54) is 0 Å². The Morgan fingerprint density at radius 3 is 2.80 bits per heavy atom. The highest BCUT2D eigenvalue weighted by molar-refractivity contribution is 6.36. The molecule has 3 nitrogen and oxygen atoms in total. The number of hydrogen-bond donors (Lipinski definition) is 0. The second-order valence-corrected chi connectivity index (χ2v) is 2.36. The van der Waals surface area contributed by atoms with E-state index < -0.39 is 0 Å². The first-order chi connectivity index (χ1) is 4.74. The number of carbonyl (C=O) groups is 1. The van der Waals surface area contributed by atoms with Gasteiger partial charge in [0.2, 0.25) is 0 Å². The molecule has 10 heavy (non-hydrogen) atoms. The molecule has 0 N–H and O–H groups in total. The maximum absolute atomic E-state index is 10.7. The van der Waals surface area contributed by atoms with E-state index in [0.717, 1.165) is 12.8 Å². The molecule has 0 aromatic carbocycles. The monoisotopic (exact) mass is 141 g/mol. The largest absolute Gasteiger partial charge is 0.435 e. The lowest BCUT2D eigenvalue weighted by molar-refractivity contribution is -0.137. The molecule has 0 amide bonds. The predicted molar refractivity (Wildman–Crippen MR) is 37.9 cm³/mol. The maximum Gasteiger partial charge on any atom is 0.354 e. The molecule has 3 heteroatoms. The molecular weight excluding hydrogens is 130 g/mol. The Morgan fingerprint density at radius 2 is 2.40 bits per heavy atom. The number of esters is 1. The standard InChI is InChI=1S/C7H11NO2/c1-3-4-6-8-5(2)7(9)10-6/h6H,3-4H2,1-2H3. The van der Waals surface area contributed by atoms with Crippen LogP contribution in [0.3, 0.4) is 0 Å². The van der Waals surface area contributed by atoms with E-state index in [9.17, 15) is 4.79 Å². The highest BCUT2D eigenvalue weighted by atomic mass is 16.6. The Morgan fingerprint density at radius 1 is 1.70 bits per heavy atom. The van der Waals surface area contributed by atoms with Crippen LogP contribution in [0.4, 0.5) is 0 Å². The van der Waals surface area contributed by atoms with Gasteiger partial charge in [-0.3, -0.25) is 0 Å². The van der Waals surface area contributed by atoms with Crippen LogP contribution in [0.1, 0.15) is 26.7 Å². The van der Waals surface area contributed by atoms with Gasteiger partial charge in [0.05, 0.1) is 0 Å². The number of rotatable bonds is 2. The van der Waals surface area contributed by atoms with Gasteiger partial charge in [-0.25, -0.2) is 9.79 Å². The zero-order valence-electron chi connectivity index (χ0n) is 6.26. The topological polar surface area (TPSA) is 38.7 Å². The van der Waals surface area contributed by atoms with E-state index in [2.05, 4.69) is 4.99 Å². The Balaban J connectivity index is 2.48. The summed E-state index contributed by atoms with van der Waals surface area (Å²) in [5, 5.41) is 0. The van der Waals surface area contributed by atoms with Crippen molar-refractivity contribution in [1.29, 1.82) is 0 Å². The van der Waals surface area contributed by atoms with Crippen molar-refractivity contribution < 1.29 is 9.53 Å². The minimum atomic E-state index is -0.265. The predicted octanol–water partition coefficient (Wildman–Crippen LogP) is 1.13. The van der Waals surface area contributed by atoms with Crippen LogP contribution < -0.4 is 0 Å². The van der Waals surface area contributed by atoms with E-state index in [4.69, 9.17) is 4.74 Å². The molecule has 1 rings (SSSR count). The summed E-state index contributed by atoms with van der Waals surface area (Å²) in [6.07, 6.45) is 1.63. The summed E-state index contributed by atoms with van der Waals surface area (Å²) in [5.41, 5.74) is 0.499. The van der Waals surface area contributed by atoms with Crippen molar-refractivity contribution in [2.24, 2.45) is 4.99 Å². The molecule has 0 aromatic rings. The highest BCUT2D eigenvalue weighted by Gasteiger charge is 2.22. The Hall–Kier alpha value is -0.860. The van der Waals surface area contributed by atoms with Crippen molar-refractivity contribution in [2.75, 3.05) is 0 Å². The van der Waals surface area contributed by atoms with E-state index in [1.54, 1.807) is 6.92 Å². The van der Waals surface area contributed by atoms with Crippen molar-refractivity contribution in [3.05, 3.63) is 0 Å². The van der Waals surface area contributed by atoms with Crippen LogP contribution in [0.5, 0.6) is 0 Å². The summed E-state index contributed by atoms with van der Waals surface area (Å²) in [6.45, 7) is 3.72. The van der Waals surface area contributed by atoms with Gasteiger partial charge < -0.3 is 4.74 Å². The fourth-order valence-corrected chi connectivity index (χ4v) is 0.874. The van der Waals surface area contributed by atoms with Gasteiger partial charge in [0.25, 0.3) is 0 Å². The molecule has 0 fully saturated rings. The molecule has 1 aliphatic rings. The lowest BCUT2D eigenvalue weighted by atomic mass is 10.3. The molecule has 1 heterocycles. The van der Waals surface area contributed by atoms with Crippen molar-refractivity contribution in [2.45, 2.75) is 32.9 Å². The van der Waals surface area contributed by atoms with Gasteiger partial charge in [0, 0.05) is 6.42 Å². The smallest absolute Gasteiger partial charge is 0.354 e. The summed E-state index contributed by atoms with van der Waals surface area (Å²) in [4.78, 5) is 14.7. The molecule has 0 spiro atoms. The summed E-state index contributed by atoms with van der Waals surface area (Å²) < 4.78 is 4.87. The second kappa shape index (κ2) is 2.82. The van der Waals surface area contributed by atoms with Crippen LogP contribution >= 0.6 is 0 Å². The normalized spacial score (nSPS) is 24.4. The SMILES string of the molecule is CCCC1N=C(C)C(=O)O1. The second-order valence-electron chi connectivity index (χ2n) is 2.36. The third kappa shape index (κ3) is 1.35. The molecule has 1 atom stereocenters. The van der Waals surface area contributed by atoms with E-state index in [-0.39, 0.29) is 12.2 Å². The minimum absolute atomic E-state index is 0.197. The molecule has 0 bridgehead atoms. The number of carbonyl (C=O) groups excluding carboxylic acids is 1. The van der Waals surface area contributed by atoms with Crippen molar-refractivity contribution in [3.8, 4) is 0 Å². The van der Waals surface area contributed by atoms with Crippen molar-refractivity contribution >= 4 is 11.7 Å². The summed E-state index contributed by atoms with van der Waals surface area (Å²) >= 11 is 0. The van der Waals surface area contributed by atoms with E-state index in [0.29, 0.717) is 5.71 Å². The molecule has 1 aliphatic heterocycles. The first-order valence-electron chi connectivity index (χ1n) is 3.49. The highest BCUT2D eigenvalue weighted by Crippen LogP contribution is 2.11. The molecule has 56 valence electrons. The molecule has 0 saturated carbocycles. The van der Waals surface area contributed by atoms with Gasteiger partial charge in [-0.15, -0.1) is 0 Å². The molecule has 0 radical (unpaired) electrons. The first kappa shape index (κ1) is 7.25. The lowest BCUT2D eigenvalue weighted by Gasteiger charge is -2.02. The number of aliphatic imine (C=N–C) groups is 1. The minimum Gasteiger partial charge on any atom is -0.435 e. The summed E-state index contributed by atoms with van der Waals surface area (Å²) in [7, 11) is 0. The Kier molecular flexibility index (Phi) is 2.04. The number of ether oxygens (including phenoxy) is 1. The lowest BCUT2D eigenvalue weighted by Crippen LogP contribution is -2.09. The Labute approximate surface area is 60.1 Å². The molecule has 1 unspecified atom stereocenters. The summed E-state index contributed by atoms with van der Waals surface area (Å²) in [6, 6.07) is 0. The first-order valence-corrected chi connectivity index (χ1v) is 3.49. The molecule has 0 saturated heterocycles. The van der Waals surface area contributed by atoms with Gasteiger partial charge >= 0.3 is 5.97 Å². The van der Waals surface area contributed by atoms with Gasteiger partial charge in [0.1, 0.15) is 5.71 Å². The fraction of sp³-hybridized carbons (Fsp3) is 0.714. The third-order valence-electron chi connectivity index (χ3n) is 1.41. The number of nitrogens with zero attached hydrogens (tertiary/aromatic N) is 1. The fourth-order valence-electron chi connectivity index (χ4n) is 0.874. The molecule has 0 aromatic heterocycles. The zero-order chi connectivity index (χ0) is 7.56. The third-order valence-corrected chi connectivity index (χ3v) is 1.41. The van der Waals surface area contributed by atoms with Crippen molar-refractivity contribution in [3.63, 3.8) is 0 Å². The van der Waals surface area contributed by atoms with Gasteiger partial charge in [-0.2, -0.15) is 0 Å². The van der Waals surface area contributed by atoms with Crippen LogP contribution in [0.2, 0.25) is 0 Å². The maximum atomic E-state index is 10.7. The Bertz CT molecular complexity index is 174. The van der Waals surface area contributed by atoms with E-state index >= 15 is 0 Å². The number of hydrogen-bond acceptors (Lipinski definition) is 3. The quantitative estimate of drug-likeness (QED) is 0.541. The summed E-state index contributed by atoms with van der Waals surface area (Å²) in [5.74, 6) is -0.265. The molecule has 0 aliphatic carbocycles. The van der Waals surface area contributed by atoms with Crippen LogP contribution in [0, 0.1) is 0 Å². The van der Waals surface area contributed by atoms with Gasteiger partial charge in [-0.05, 0) is 6.92 Å². The van der Waals surface area contributed by atoms with Crippen LogP contribution in [-0.2, 0) is 9.53 Å². The number of cyclic esters (lactones) is 1.